The van der Waals surface area contributed by atoms with Crippen LogP contribution in [0.3, 0.4) is 0 Å². The van der Waals surface area contributed by atoms with Crippen molar-refractivity contribution in [2.24, 2.45) is 5.92 Å². The molecule has 1 fully saturated rings. The lowest BCUT2D eigenvalue weighted by Gasteiger charge is -2.27. The zero-order chi connectivity index (χ0) is 11.8. The van der Waals surface area contributed by atoms with Crippen molar-refractivity contribution in [3.8, 4) is 0 Å². The van der Waals surface area contributed by atoms with Gasteiger partial charge in [0, 0.05) is 12.5 Å². The summed E-state index contributed by atoms with van der Waals surface area (Å²) in [6, 6.07) is 0. The second-order valence-corrected chi connectivity index (χ2v) is 5.84. The first-order valence-electron chi connectivity index (χ1n) is 6.71. The van der Waals surface area contributed by atoms with Gasteiger partial charge in [0.2, 0.25) is 0 Å². The summed E-state index contributed by atoms with van der Waals surface area (Å²) < 4.78 is 2.41. The molecule has 3 nitrogen and oxygen atoms in total. The number of rotatable bonds is 1. The van der Waals surface area contributed by atoms with E-state index in [-0.39, 0.29) is 0 Å². The first-order valence-corrected chi connectivity index (χ1v) is 7.09. The molecular weight excluding hydrogens is 234 g/mol. The largest absolute Gasteiger partial charge is 0.330 e. The Balaban J connectivity index is 1.93. The van der Waals surface area contributed by atoms with E-state index in [9.17, 15) is 0 Å². The van der Waals surface area contributed by atoms with Crippen molar-refractivity contribution in [1.82, 2.24) is 14.9 Å². The number of fused-ring (bicyclic) bond motifs is 1. The smallest absolute Gasteiger partial charge is 0.150 e. The van der Waals surface area contributed by atoms with Crippen LogP contribution < -0.4 is 5.32 Å². The van der Waals surface area contributed by atoms with Crippen LogP contribution in [-0.2, 0) is 13.0 Å². The Bertz CT molecular complexity index is 407. The predicted molar refractivity (Wildman–Crippen MR) is 69.6 cm³/mol. The van der Waals surface area contributed by atoms with E-state index in [0.29, 0.717) is 5.92 Å². The van der Waals surface area contributed by atoms with E-state index >= 15 is 0 Å². The minimum absolute atomic E-state index is 0.604. The number of hydrogen-bond donors (Lipinski definition) is 1. The van der Waals surface area contributed by atoms with Crippen LogP contribution in [0.2, 0.25) is 5.15 Å². The topological polar surface area (TPSA) is 29.9 Å². The standard InChI is InChI=1S/C13H20ClN3/c1-9-2-3-11-12(14)16-13(17(11)8-9)10-4-6-15-7-5-10/h9-10,15H,2-8H2,1H3. The van der Waals surface area contributed by atoms with E-state index < -0.39 is 0 Å². The van der Waals surface area contributed by atoms with Crippen LogP contribution >= 0.6 is 11.6 Å². The number of piperidine rings is 1. The Labute approximate surface area is 108 Å². The molecule has 17 heavy (non-hydrogen) atoms. The third kappa shape index (κ3) is 2.11. The van der Waals surface area contributed by atoms with Crippen LogP contribution in [0.15, 0.2) is 0 Å². The fourth-order valence-electron chi connectivity index (χ4n) is 3.09. The quantitative estimate of drug-likeness (QED) is 0.834. The van der Waals surface area contributed by atoms with Crippen LogP contribution in [-0.4, -0.2) is 22.6 Å². The van der Waals surface area contributed by atoms with Crippen molar-refractivity contribution >= 4 is 11.6 Å². The molecular formula is C13H20ClN3. The van der Waals surface area contributed by atoms with E-state index in [4.69, 9.17) is 11.6 Å². The lowest BCUT2D eigenvalue weighted by molar-refractivity contribution is 0.365. The molecule has 1 N–H and O–H groups in total. The van der Waals surface area contributed by atoms with E-state index in [1.54, 1.807) is 0 Å². The average Bonchev–Trinajstić information content (AvgIpc) is 2.67. The maximum absolute atomic E-state index is 6.28. The fraction of sp³-hybridized carbons (Fsp3) is 0.769. The molecule has 3 rings (SSSR count). The number of hydrogen-bond acceptors (Lipinski definition) is 2. The van der Waals surface area contributed by atoms with Crippen LogP contribution in [0.4, 0.5) is 0 Å². The molecule has 0 spiro atoms. The van der Waals surface area contributed by atoms with Crippen LogP contribution in [0.25, 0.3) is 0 Å². The Morgan fingerprint density at radius 3 is 2.82 bits per heavy atom. The first-order chi connectivity index (χ1) is 8.25. The average molecular weight is 254 g/mol. The lowest BCUT2D eigenvalue weighted by atomic mass is 9.95. The van der Waals surface area contributed by atoms with Crippen molar-refractivity contribution in [2.75, 3.05) is 13.1 Å². The number of halogens is 1. The molecule has 2 aliphatic heterocycles. The Morgan fingerprint density at radius 2 is 2.06 bits per heavy atom. The highest BCUT2D eigenvalue weighted by molar-refractivity contribution is 6.30. The number of nitrogens with one attached hydrogen (secondary N) is 1. The third-order valence-corrected chi connectivity index (χ3v) is 4.43. The van der Waals surface area contributed by atoms with Gasteiger partial charge >= 0.3 is 0 Å². The van der Waals surface area contributed by atoms with Crippen molar-refractivity contribution < 1.29 is 0 Å². The summed E-state index contributed by atoms with van der Waals surface area (Å²) >= 11 is 6.28. The summed E-state index contributed by atoms with van der Waals surface area (Å²) in [5, 5.41) is 4.17. The molecule has 4 heteroatoms. The molecule has 0 bridgehead atoms. The molecule has 1 aromatic heterocycles. The molecule has 0 aromatic carbocycles. The zero-order valence-electron chi connectivity index (χ0n) is 10.4. The molecule has 0 saturated carbocycles. The van der Waals surface area contributed by atoms with Crippen LogP contribution in [0, 0.1) is 5.92 Å². The molecule has 94 valence electrons. The van der Waals surface area contributed by atoms with Crippen molar-refractivity contribution in [2.45, 2.75) is 45.1 Å². The van der Waals surface area contributed by atoms with Gasteiger partial charge in [-0.15, -0.1) is 0 Å². The van der Waals surface area contributed by atoms with Crippen molar-refractivity contribution in [3.63, 3.8) is 0 Å². The minimum atomic E-state index is 0.604. The second-order valence-electron chi connectivity index (χ2n) is 5.49. The highest BCUT2D eigenvalue weighted by Gasteiger charge is 2.27. The maximum atomic E-state index is 6.28. The normalized spacial score (nSPS) is 25.9. The van der Waals surface area contributed by atoms with E-state index in [1.165, 1.54) is 30.8 Å². The van der Waals surface area contributed by atoms with Crippen molar-refractivity contribution in [3.05, 3.63) is 16.7 Å². The van der Waals surface area contributed by atoms with Gasteiger partial charge < -0.3 is 9.88 Å². The molecule has 0 amide bonds. The van der Waals surface area contributed by atoms with Gasteiger partial charge in [-0.3, -0.25) is 0 Å². The van der Waals surface area contributed by atoms with Crippen LogP contribution in [0.1, 0.15) is 43.6 Å². The summed E-state index contributed by atoms with van der Waals surface area (Å²) in [5.74, 6) is 2.61. The van der Waals surface area contributed by atoms with Gasteiger partial charge in [-0.05, 0) is 44.7 Å². The number of nitrogens with zero attached hydrogens (tertiary/aromatic N) is 2. The fourth-order valence-corrected chi connectivity index (χ4v) is 3.38. The molecule has 1 unspecified atom stereocenters. The van der Waals surface area contributed by atoms with E-state index in [2.05, 4.69) is 21.8 Å². The molecule has 1 saturated heterocycles. The van der Waals surface area contributed by atoms with Gasteiger partial charge in [0.25, 0.3) is 0 Å². The van der Waals surface area contributed by atoms with Crippen molar-refractivity contribution in [1.29, 1.82) is 0 Å². The van der Waals surface area contributed by atoms with E-state index in [0.717, 1.165) is 37.1 Å². The predicted octanol–water partition coefficient (Wildman–Crippen LogP) is 2.59. The summed E-state index contributed by atoms with van der Waals surface area (Å²) in [7, 11) is 0. The summed E-state index contributed by atoms with van der Waals surface area (Å²) in [5.41, 5.74) is 1.28. The Hall–Kier alpha value is -0.540. The van der Waals surface area contributed by atoms with Crippen LogP contribution in [0.5, 0.6) is 0 Å². The molecule has 1 aromatic rings. The molecule has 2 aliphatic rings. The zero-order valence-corrected chi connectivity index (χ0v) is 11.1. The SMILES string of the molecule is CC1CCc2c(Cl)nc(C3CCNCC3)n2C1. The van der Waals surface area contributed by atoms with Gasteiger partial charge in [-0.25, -0.2) is 4.98 Å². The van der Waals surface area contributed by atoms with Gasteiger partial charge in [0.1, 0.15) is 5.82 Å². The molecule has 0 aliphatic carbocycles. The molecule has 3 heterocycles. The highest BCUT2D eigenvalue weighted by atomic mass is 35.5. The van der Waals surface area contributed by atoms with Gasteiger partial charge in [-0.1, -0.05) is 18.5 Å². The molecule has 0 radical (unpaired) electrons. The van der Waals surface area contributed by atoms with E-state index in [1.807, 2.05) is 0 Å². The van der Waals surface area contributed by atoms with Gasteiger partial charge in [0.05, 0.1) is 5.69 Å². The maximum Gasteiger partial charge on any atom is 0.150 e. The highest BCUT2D eigenvalue weighted by Crippen LogP contribution is 2.33. The Kier molecular flexibility index (Phi) is 3.14. The number of imidazole rings is 1. The molecule has 1 atom stereocenters. The summed E-state index contributed by atoms with van der Waals surface area (Å²) in [6.45, 7) is 5.65. The first kappa shape index (κ1) is 11.5. The summed E-state index contributed by atoms with van der Waals surface area (Å²) in [6.07, 6.45) is 4.73. The monoisotopic (exact) mass is 253 g/mol. The van der Waals surface area contributed by atoms with Gasteiger partial charge in [0.15, 0.2) is 5.15 Å². The minimum Gasteiger partial charge on any atom is -0.330 e. The second kappa shape index (κ2) is 4.62. The van der Waals surface area contributed by atoms with Gasteiger partial charge in [-0.2, -0.15) is 0 Å². The number of aromatic nitrogens is 2. The summed E-state index contributed by atoms with van der Waals surface area (Å²) in [4.78, 5) is 4.65. The Morgan fingerprint density at radius 1 is 1.29 bits per heavy atom. The lowest BCUT2D eigenvalue weighted by Crippen LogP contribution is -2.29. The third-order valence-electron chi connectivity index (χ3n) is 4.13.